The molecular formula is C22H16Cl2N4O5. The number of benzene rings is 3. The third kappa shape index (κ3) is 6.76. The average Bonchev–Trinajstić information content (AvgIpc) is 2.79. The van der Waals surface area contributed by atoms with Gasteiger partial charge in [0.25, 0.3) is 17.5 Å². The number of nitrogens with one attached hydrogen (secondary N) is 2. The smallest absolute Gasteiger partial charge is 0.271 e. The van der Waals surface area contributed by atoms with Crippen LogP contribution in [0.25, 0.3) is 0 Å². The number of carbonyl (C=O) groups excluding carboxylic acids is 2. The number of ether oxygens (including phenoxy) is 1. The maximum atomic E-state index is 12.1. The van der Waals surface area contributed by atoms with Crippen LogP contribution in [0.4, 0.5) is 11.4 Å². The van der Waals surface area contributed by atoms with Gasteiger partial charge < -0.3 is 10.1 Å². The number of non-ortho nitro benzene ring substituents is 1. The number of hydrogen-bond donors (Lipinski definition) is 2. The number of nitro benzene ring substituents is 1. The molecule has 0 aromatic heterocycles. The van der Waals surface area contributed by atoms with Gasteiger partial charge in [-0.05, 0) is 42.0 Å². The van der Waals surface area contributed by atoms with Crippen LogP contribution in [0.1, 0.15) is 15.9 Å². The Morgan fingerprint density at radius 2 is 1.67 bits per heavy atom. The van der Waals surface area contributed by atoms with Crippen molar-refractivity contribution in [3.8, 4) is 5.75 Å². The molecule has 2 N–H and O–H groups in total. The molecule has 0 bridgehead atoms. The number of hydrogen-bond acceptors (Lipinski definition) is 6. The van der Waals surface area contributed by atoms with Crippen molar-refractivity contribution < 1.29 is 19.2 Å². The highest BCUT2D eigenvalue weighted by atomic mass is 35.5. The molecule has 0 heterocycles. The minimum absolute atomic E-state index is 0.126. The van der Waals surface area contributed by atoms with Crippen LogP contribution in [-0.4, -0.2) is 29.6 Å². The first-order valence-corrected chi connectivity index (χ1v) is 10.1. The van der Waals surface area contributed by atoms with Crippen molar-refractivity contribution in [1.29, 1.82) is 0 Å². The van der Waals surface area contributed by atoms with Crippen molar-refractivity contribution in [2.45, 2.75) is 0 Å². The summed E-state index contributed by atoms with van der Waals surface area (Å²) in [6.45, 7) is -0.299. The third-order valence-corrected chi connectivity index (χ3v) is 4.71. The fraction of sp³-hybridized carbons (Fsp3) is 0.0455. The van der Waals surface area contributed by atoms with E-state index in [-0.39, 0.29) is 39.6 Å². The number of rotatable bonds is 8. The van der Waals surface area contributed by atoms with Gasteiger partial charge in [0.15, 0.2) is 12.4 Å². The average molecular weight is 487 g/mol. The Morgan fingerprint density at radius 1 is 1.03 bits per heavy atom. The van der Waals surface area contributed by atoms with Crippen molar-refractivity contribution in [1.82, 2.24) is 5.43 Å². The molecule has 0 atom stereocenters. The van der Waals surface area contributed by atoms with E-state index in [1.807, 2.05) is 6.07 Å². The van der Waals surface area contributed by atoms with Gasteiger partial charge in [-0.15, -0.1) is 0 Å². The Labute approximate surface area is 198 Å². The molecule has 3 aromatic rings. The van der Waals surface area contributed by atoms with E-state index >= 15 is 0 Å². The lowest BCUT2D eigenvalue weighted by Gasteiger charge is -2.11. The van der Waals surface area contributed by atoms with E-state index in [9.17, 15) is 19.7 Å². The van der Waals surface area contributed by atoms with Crippen molar-refractivity contribution in [3.05, 3.63) is 98.0 Å². The number of nitrogens with zero attached hydrogens (tertiary/aromatic N) is 2. The molecule has 0 aliphatic heterocycles. The van der Waals surface area contributed by atoms with Crippen LogP contribution in [0.3, 0.4) is 0 Å². The lowest BCUT2D eigenvalue weighted by atomic mass is 10.2. The zero-order chi connectivity index (χ0) is 23.8. The first kappa shape index (κ1) is 23.7. The van der Waals surface area contributed by atoms with Gasteiger partial charge in [0.05, 0.1) is 21.2 Å². The maximum absolute atomic E-state index is 12.1. The summed E-state index contributed by atoms with van der Waals surface area (Å²) in [4.78, 5) is 34.2. The maximum Gasteiger partial charge on any atom is 0.271 e. The highest BCUT2D eigenvalue weighted by Crippen LogP contribution is 2.33. The summed E-state index contributed by atoms with van der Waals surface area (Å²) in [5, 5.41) is 17.5. The van der Waals surface area contributed by atoms with Crippen molar-refractivity contribution in [2.24, 2.45) is 5.10 Å². The van der Waals surface area contributed by atoms with E-state index in [1.54, 1.807) is 24.3 Å². The molecule has 9 nitrogen and oxygen atoms in total. The molecule has 0 spiro atoms. The lowest BCUT2D eigenvalue weighted by molar-refractivity contribution is -0.384. The number of amides is 2. The van der Waals surface area contributed by atoms with Crippen molar-refractivity contribution in [2.75, 3.05) is 11.9 Å². The first-order valence-electron chi connectivity index (χ1n) is 9.38. The summed E-state index contributed by atoms with van der Waals surface area (Å²) < 4.78 is 5.45. The Balaban J connectivity index is 1.57. The van der Waals surface area contributed by atoms with Crippen LogP contribution in [0, 0.1) is 10.1 Å². The van der Waals surface area contributed by atoms with Crippen molar-refractivity contribution in [3.63, 3.8) is 0 Å². The van der Waals surface area contributed by atoms with E-state index < -0.39 is 10.8 Å². The second-order valence-corrected chi connectivity index (χ2v) is 7.33. The van der Waals surface area contributed by atoms with Crippen LogP contribution in [0.15, 0.2) is 71.8 Å². The van der Waals surface area contributed by atoms with Gasteiger partial charge in [0.1, 0.15) is 0 Å². The molecule has 2 amide bonds. The number of nitro groups is 1. The number of halogens is 2. The summed E-state index contributed by atoms with van der Waals surface area (Å²) in [5.74, 6) is -0.802. The molecule has 3 rings (SSSR count). The number of anilines is 1. The summed E-state index contributed by atoms with van der Waals surface area (Å²) in [5.41, 5.74) is 3.48. The van der Waals surface area contributed by atoms with Crippen LogP contribution < -0.4 is 15.5 Å². The Kier molecular flexibility index (Phi) is 7.96. The van der Waals surface area contributed by atoms with Crippen molar-refractivity contribution >= 4 is 52.6 Å². The SMILES string of the molecule is O=C(COc1c(Cl)cc(/C=N/NC(=O)c2ccc([N+](=O)[O-])cc2)cc1Cl)Nc1ccccc1. The molecule has 0 saturated heterocycles. The van der Waals surface area contributed by atoms with E-state index in [0.29, 0.717) is 11.3 Å². The van der Waals surface area contributed by atoms with Gasteiger partial charge in [-0.1, -0.05) is 41.4 Å². The predicted octanol–water partition coefficient (Wildman–Crippen LogP) is 4.68. The number of para-hydroxylation sites is 1. The standard InChI is InChI=1S/C22H16Cl2N4O5/c23-18-10-14(12-25-27-22(30)15-6-8-17(9-7-15)28(31)32)11-19(24)21(18)33-13-20(29)26-16-4-2-1-3-5-16/h1-12H,13H2,(H,26,29)(H,27,30)/b25-12+. The highest BCUT2D eigenvalue weighted by molar-refractivity contribution is 6.37. The highest BCUT2D eigenvalue weighted by Gasteiger charge is 2.12. The van der Waals surface area contributed by atoms with E-state index in [4.69, 9.17) is 27.9 Å². The van der Waals surface area contributed by atoms with Gasteiger partial charge in [-0.3, -0.25) is 19.7 Å². The quantitative estimate of drug-likeness (QED) is 0.271. The number of carbonyl (C=O) groups is 2. The minimum Gasteiger partial charge on any atom is -0.481 e. The molecule has 0 unspecified atom stereocenters. The molecule has 0 aliphatic carbocycles. The van der Waals surface area contributed by atoms with Gasteiger partial charge in [-0.25, -0.2) is 5.43 Å². The summed E-state index contributed by atoms with van der Waals surface area (Å²) in [6.07, 6.45) is 1.31. The zero-order valence-corrected chi connectivity index (χ0v) is 18.3. The van der Waals surface area contributed by atoms with Gasteiger partial charge >= 0.3 is 0 Å². The molecule has 11 heteroatoms. The topological polar surface area (TPSA) is 123 Å². The van der Waals surface area contributed by atoms with Crippen LogP contribution in [0.2, 0.25) is 10.0 Å². The zero-order valence-electron chi connectivity index (χ0n) is 16.8. The molecule has 0 radical (unpaired) electrons. The molecular weight excluding hydrogens is 471 g/mol. The number of hydrazone groups is 1. The lowest BCUT2D eigenvalue weighted by Crippen LogP contribution is -2.20. The molecule has 0 fully saturated rings. The molecule has 3 aromatic carbocycles. The monoisotopic (exact) mass is 486 g/mol. The largest absolute Gasteiger partial charge is 0.481 e. The predicted molar refractivity (Wildman–Crippen MR) is 125 cm³/mol. The first-order chi connectivity index (χ1) is 15.8. The van der Waals surface area contributed by atoms with Gasteiger partial charge in [0, 0.05) is 23.4 Å². The van der Waals surface area contributed by atoms with Crippen LogP contribution in [-0.2, 0) is 4.79 Å². The minimum atomic E-state index is -0.559. The molecule has 0 saturated carbocycles. The molecule has 0 aliphatic rings. The fourth-order valence-electron chi connectivity index (χ4n) is 2.61. The fourth-order valence-corrected chi connectivity index (χ4v) is 3.23. The summed E-state index contributed by atoms with van der Waals surface area (Å²) in [7, 11) is 0. The normalized spacial score (nSPS) is 10.6. The summed E-state index contributed by atoms with van der Waals surface area (Å²) >= 11 is 12.4. The van der Waals surface area contributed by atoms with E-state index in [1.165, 1.54) is 42.6 Å². The van der Waals surface area contributed by atoms with Crippen LogP contribution in [0.5, 0.6) is 5.75 Å². The van der Waals surface area contributed by atoms with E-state index in [2.05, 4.69) is 15.8 Å². The second kappa shape index (κ2) is 11.1. The summed E-state index contributed by atoms with van der Waals surface area (Å²) in [6, 6.07) is 17.0. The molecule has 33 heavy (non-hydrogen) atoms. The second-order valence-electron chi connectivity index (χ2n) is 6.52. The Morgan fingerprint density at radius 3 is 2.27 bits per heavy atom. The third-order valence-electron chi connectivity index (χ3n) is 4.15. The van der Waals surface area contributed by atoms with E-state index in [0.717, 1.165) is 0 Å². The Bertz CT molecular complexity index is 1180. The van der Waals surface area contributed by atoms with Gasteiger partial charge in [-0.2, -0.15) is 5.10 Å². The molecule has 168 valence electrons. The Hall–Kier alpha value is -3.95. The van der Waals surface area contributed by atoms with Crippen LogP contribution >= 0.6 is 23.2 Å². The van der Waals surface area contributed by atoms with Gasteiger partial charge in [0.2, 0.25) is 0 Å².